The summed E-state index contributed by atoms with van der Waals surface area (Å²) < 4.78 is 4.77. The number of rotatable bonds is 4. The quantitative estimate of drug-likeness (QED) is 0.586. The minimum atomic E-state index is -0.963. The number of benzene rings is 1. The SMILES string of the molecule is NC(=O)NC(=O)OC[C@H]([NH3+])Cc1ccc(Cl)c(Cl)c1.[Cl-]. The zero-order valence-corrected chi connectivity index (χ0v) is 12.6. The Hall–Kier alpha value is -1.21. The molecule has 3 amide bonds. The summed E-state index contributed by atoms with van der Waals surface area (Å²) in [4.78, 5) is 21.4. The largest absolute Gasteiger partial charge is 1.00 e. The Morgan fingerprint density at radius 2 is 2.00 bits per heavy atom. The first-order valence-electron chi connectivity index (χ1n) is 5.38. The van der Waals surface area contributed by atoms with Gasteiger partial charge in [-0.05, 0) is 17.7 Å². The van der Waals surface area contributed by atoms with Crippen LogP contribution < -0.4 is 29.2 Å². The molecule has 0 heterocycles. The fourth-order valence-corrected chi connectivity index (χ4v) is 1.71. The molecule has 1 aromatic rings. The van der Waals surface area contributed by atoms with E-state index in [-0.39, 0.29) is 25.1 Å². The molecule has 0 saturated heterocycles. The van der Waals surface area contributed by atoms with E-state index in [4.69, 9.17) is 33.7 Å². The first-order valence-corrected chi connectivity index (χ1v) is 6.14. The van der Waals surface area contributed by atoms with Crippen molar-refractivity contribution in [1.29, 1.82) is 0 Å². The number of primary amides is 1. The molecule has 6 N–H and O–H groups in total. The Morgan fingerprint density at radius 3 is 2.55 bits per heavy atom. The predicted octanol–water partition coefficient (Wildman–Crippen LogP) is -2.04. The summed E-state index contributed by atoms with van der Waals surface area (Å²) in [6.07, 6.45) is -0.337. The van der Waals surface area contributed by atoms with Crippen molar-refractivity contribution in [2.75, 3.05) is 6.61 Å². The van der Waals surface area contributed by atoms with Crippen LogP contribution in [0.4, 0.5) is 9.59 Å². The van der Waals surface area contributed by atoms with E-state index >= 15 is 0 Å². The van der Waals surface area contributed by atoms with Gasteiger partial charge >= 0.3 is 12.1 Å². The fourth-order valence-electron chi connectivity index (χ4n) is 1.39. The van der Waals surface area contributed by atoms with Gasteiger partial charge in [0.2, 0.25) is 0 Å². The van der Waals surface area contributed by atoms with E-state index in [1.165, 1.54) is 0 Å². The third-order valence-electron chi connectivity index (χ3n) is 2.18. The van der Waals surface area contributed by atoms with Gasteiger partial charge in [-0.25, -0.2) is 14.9 Å². The molecule has 0 spiro atoms. The van der Waals surface area contributed by atoms with E-state index < -0.39 is 12.1 Å². The Labute approximate surface area is 132 Å². The molecule has 0 bridgehead atoms. The van der Waals surface area contributed by atoms with Crippen molar-refractivity contribution in [3.8, 4) is 0 Å². The summed E-state index contributed by atoms with van der Waals surface area (Å²) in [5.74, 6) is 0. The van der Waals surface area contributed by atoms with Crippen molar-refractivity contribution in [2.24, 2.45) is 5.73 Å². The Bertz CT molecular complexity index is 485. The summed E-state index contributed by atoms with van der Waals surface area (Å²) in [7, 11) is 0. The van der Waals surface area contributed by atoms with Crippen LogP contribution in [0.2, 0.25) is 10.0 Å². The van der Waals surface area contributed by atoms with Crippen LogP contribution in [0.15, 0.2) is 18.2 Å². The highest BCUT2D eigenvalue weighted by molar-refractivity contribution is 6.42. The van der Waals surface area contributed by atoms with Crippen molar-refractivity contribution in [3.05, 3.63) is 33.8 Å². The Balaban J connectivity index is 0.00000361. The van der Waals surface area contributed by atoms with Gasteiger partial charge in [-0.1, -0.05) is 29.3 Å². The van der Waals surface area contributed by atoms with Crippen molar-refractivity contribution < 1.29 is 32.5 Å². The molecule has 0 aliphatic carbocycles. The molecule has 0 fully saturated rings. The number of carbonyl (C=O) groups is 2. The lowest BCUT2D eigenvalue weighted by molar-refractivity contribution is -0.424. The number of halogens is 3. The van der Waals surface area contributed by atoms with Crippen LogP contribution in [0.3, 0.4) is 0 Å². The first kappa shape index (κ1) is 18.8. The molecular weight excluding hydrogens is 328 g/mol. The predicted molar refractivity (Wildman–Crippen MR) is 70.9 cm³/mol. The van der Waals surface area contributed by atoms with Crippen molar-refractivity contribution in [2.45, 2.75) is 12.5 Å². The van der Waals surface area contributed by atoms with Crippen molar-refractivity contribution in [1.82, 2.24) is 5.32 Å². The minimum absolute atomic E-state index is 0. The van der Waals surface area contributed by atoms with Crippen LogP contribution in [0, 0.1) is 0 Å². The molecule has 20 heavy (non-hydrogen) atoms. The van der Waals surface area contributed by atoms with E-state index in [9.17, 15) is 9.59 Å². The normalized spacial score (nSPS) is 11.2. The van der Waals surface area contributed by atoms with Crippen LogP contribution >= 0.6 is 23.2 Å². The highest BCUT2D eigenvalue weighted by Crippen LogP contribution is 2.22. The monoisotopic (exact) mass is 341 g/mol. The standard InChI is InChI=1S/C11H13Cl2N3O3.ClH/c12-8-2-1-6(4-9(8)13)3-7(14)5-19-11(18)16-10(15)17;/h1-2,4,7H,3,5,14H2,(H3,15,16,17,18);1H/t7-;/m1./s1. The molecule has 1 rings (SSSR count). The highest BCUT2D eigenvalue weighted by atomic mass is 35.5. The summed E-state index contributed by atoms with van der Waals surface area (Å²) in [5, 5.41) is 2.72. The number of alkyl carbamates (subject to hydrolysis) is 1. The zero-order valence-electron chi connectivity index (χ0n) is 10.4. The number of ether oxygens (including phenoxy) is 1. The average molecular weight is 343 g/mol. The van der Waals surface area contributed by atoms with Gasteiger partial charge in [-0.3, -0.25) is 0 Å². The molecular formula is C11H14Cl3N3O3. The second kappa shape index (κ2) is 8.86. The topological polar surface area (TPSA) is 109 Å². The van der Waals surface area contributed by atoms with Gasteiger partial charge < -0.3 is 28.6 Å². The van der Waals surface area contributed by atoms with Gasteiger partial charge in [-0.2, -0.15) is 0 Å². The number of imide groups is 1. The molecule has 0 aromatic heterocycles. The smallest absolute Gasteiger partial charge is 0.415 e. The van der Waals surface area contributed by atoms with Gasteiger partial charge in [0, 0.05) is 6.42 Å². The second-order valence-electron chi connectivity index (χ2n) is 3.91. The molecule has 6 nitrogen and oxygen atoms in total. The summed E-state index contributed by atoms with van der Waals surface area (Å²) in [6.45, 7) is 0.0549. The molecule has 9 heteroatoms. The van der Waals surface area contributed by atoms with E-state index in [0.29, 0.717) is 16.5 Å². The van der Waals surface area contributed by atoms with Crippen LogP contribution in [0.1, 0.15) is 5.56 Å². The van der Waals surface area contributed by atoms with Crippen LogP contribution in [0.25, 0.3) is 0 Å². The third-order valence-corrected chi connectivity index (χ3v) is 2.92. The Kier molecular flexibility index (Phi) is 8.33. The lowest BCUT2D eigenvalue weighted by Gasteiger charge is -2.10. The van der Waals surface area contributed by atoms with Crippen molar-refractivity contribution >= 4 is 35.3 Å². The molecule has 0 radical (unpaired) electrons. The number of nitrogens with one attached hydrogen (secondary N) is 1. The van der Waals surface area contributed by atoms with Crippen LogP contribution in [0.5, 0.6) is 0 Å². The fraction of sp³-hybridized carbons (Fsp3) is 0.273. The number of hydrogen-bond donors (Lipinski definition) is 3. The number of nitrogens with two attached hydrogens (primary N) is 1. The van der Waals surface area contributed by atoms with Crippen LogP contribution in [-0.2, 0) is 11.2 Å². The first-order chi connectivity index (χ1) is 8.88. The molecule has 0 saturated carbocycles. The van der Waals surface area contributed by atoms with Gasteiger partial charge in [0.1, 0.15) is 12.6 Å². The van der Waals surface area contributed by atoms with Gasteiger partial charge in [0.25, 0.3) is 0 Å². The van der Waals surface area contributed by atoms with E-state index in [1.807, 2.05) is 6.07 Å². The van der Waals surface area contributed by atoms with E-state index in [0.717, 1.165) is 5.56 Å². The maximum Gasteiger partial charge on any atom is 0.415 e. The van der Waals surface area contributed by atoms with E-state index in [2.05, 4.69) is 5.73 Å². The van der Waals surface area contributed by atoms with E-state index in [1.54, 1.807) is 17.4 Å². The summed E-state index contributed by atoms with van der Waals surface area (Å²) in [5.41, 5.74) is 9.52. The number of carbonyl (C=O) groups excluding carboxylic acids is 2. The lowest BCUT2D eigenvalue weighted by Crippen LogP contribution is -3.00. The van der Waals surface area contributed by atoms with Gasteiger partial charge in [0.15, 0.2) is 0 Å². The number of amides is 3. The maximum atomic E-state index is 11.0. The lowest BCUT2D eigenvalue weighted by atomic mass is 10.1. The molecule has 112 valence electrons. The number of hydrogen-bond acceptors (Lipinski definition) is 3. The van der Waals surface area contributed by atoms with Gasteiger partial charge in [-0.15, -0.1) is 0 Å². The molecule has 0 aliphatic rings. The van der Waals surface area contributed by atoms with Crippen LogP contribution in [-0.4, -0.2) is 24.8 Å². The average Bonchev–Trinajstić information content (AvgIpc) is 2.30. The summed E-state index contributed by atoms with van der Waals surface area (Å²) in [6, 6.07) is 4.08. The Morgan fingerprint density at radius 1 is 1.35 bits per heavy atom. The maximum absolute atomic E-state index is 11.0. The zero-order chi connectivity index (χ0) is 14.4. The second-order valence-corrected chi connectivity index (χ2v) is 4.72. The number of quaternary nitrogens is 1. The highest BCUT2D eigenvalue weighted by Gasteiger charge is 2.13. The molecule has 1 aromatic carbocycles. The minimum Gasteiger partial charge on any atom is -1.00 e. The summed E-state index contributed by atoms with van der Waals surface area (Å²) >= 11 is 11.7. The molecule has 0 unspecified atom stereocenters. The third kappa shape index (κ3) is 6.81. The molecule has 0 aliphatic heterocycles. The van der Waals surface area contributed by atoms with Gasteiger partial charge in [0.05, 0.1) is 10.0 Å². The van der Waals surface area contributed by atoms with Crippen molar-refractivity contribution in [3.63, 3.8) is 0 Å². The number of urea groups is 1. The molecule has 1 atom stereocenters.